The van der Waals surface area contributed by atoms with E-state index in [0.717, 1.165) is 13.1 Å². The summed E-state index contributed by atoms with van der Waals surface area (Å²) in [6.07, 6.45) is -0.301. The quantitative estimate of drug-likeness (QED) is 0.689. The Morgan fingerprint density at radius 1 is 1.17 bits per heavy atom. The normalized spacial score (nSPS) is 21.9. The summed E-state index contributed by atoms with van der Waals surface area (Å²) in [5.74, 6) is -0.0966. The molecule has 2 heterocycles. The van der Waals surface area contributed by atoms with Gasteiger partial charge in [0, 0.05) is 11.1 Å². The summed E-state index contributed by atoms with van der Waals surface area (Å²) in [5.41, 5.74) is -0.276. The largest absolute Gasteiger partial charge is 0.497 e. The van der Waals surface area contributed by atoms with Crippen LogP contribution in [0.4, 0.5) is 5.69 Å². The van der Waals surface area contributed by atoms with E-state index in [1.54, 1.807) is 48.4 Å². The number of nitrogens with one attached hydrogen (secondary N) is 1. The summed E-state index contributed by atoms with van der Waals surface area (Å²) in [6.45, 7) is 3.35. The first-order valence-electron chi connectivity index (χ1n) is 9.75. The Morgan fingerprint density at radius 2 is 1.86 bits per heavy atom. The van der Waals surface area contributed by atoms with E-state index >= 15 is 0 Å². The van der Waals surface area contributed by atoms with Crippen LogP contribution in [0.3, 0.4) is 0 Å². The maximum absolute atomic E-state index is 13.3. The third-order valence-electron chi connectivity index (χ3n) is 5.65. The topological polar surface area (TPSA) is 80.5 Å². The number of ether oxygens (including phenoxy) is 2. The van der Waals surface area contributed by atoms with Crippen molar-refractivity contribution in [2.75, 3.05) is 45.0 Å². The van der Waals surface area contributed by atoms with Crippen LogP contribution in [0.25, 0.3) is 0 Å². The number of quaternary nitrogens is 1. The molecule has 4 rings (SSSR count). The Labute approximate surface area is 169 Å². The number of aliphatic hydroxyl groups is 1. The lowest BCUT2D eigenvalue weighted by molar-refractivity contribution is -0.906. The van der Waals surface area contributed by atoms with Gasteiger partial charge in [-0.1, -0.05) is 18.2 Å². The van der Waals surface area contributed by atoms with Crippen LogP contribution in [0, 0.1) is 0 Å². The predicted molar refractivity (Wildman–Crippen MR) is 106 cm³/mol. The minimum atomic E-state index is -1.86. The maximum atomic E-state index is 13.3. The van der Waals surface area contributed by atoms with Crippen molar-refractivity contribution in [1.82, 2.24) is 0 Å². The average Bonchev–Trinajstić information content (AvgIpc) is 2.96. The first-order valence-corrected chi connectivity index (χ1v) is 9.75. The summed E-state index contributed by atoms with van der Waals surface area (Å²) in [4.78, 5) is 29.0. The molecular weight excluding hydrogens is 372 g/mol. The first-order chi connectivity index (χ1) is 14.0. The van der Waals surface area contributed by atoms with Crippen molar-refractivity contribution >= 4 is 17.4 Å². The number of rotatable bonds is 6. The minimum absolute atomic E-state index is 0.293. The number of carbonyl (C=O) groups excluding carboxylic acids is 2. The van der Waals surface area contributed by atoms with Crippen molar-refractivity contribution in [2.24, 2.45) is 0 Å². The lowest BCUT2D eigenvalue weighted by Gasteiger charge is -2.29. The molecule has 152 valence electrons. The Kier molecular flexibility index (Phi) is 5.36. The molecule has 0 unspecified atom stereocenters. The van der Waals surface area contributed by atoms with Crippen LogP contribution in [0.2, 0.25) is 0 Å². The summed E-state index contributed by atoms with van der Waals surface area (Å²) in [5, 5.41) is 11.4. The second-order valence-electron chi connectivity index (χ2n) is 7.46. The zero-order valence-corrected chi connectivity index (χ0v) is 16.4. The van der Waals surface area contributed by atoms with Gasteiger partial charge in [-0.15, -0.1) is 0 Å². The molecule has 0 aromatic heterocycles. The van der Waals surface area contributed by atoms with E-state index in [9.17, 15) is 14.7 Å². The van der Waals surface area contributed by atoms with Gasteiger partial charge in [0.2, 0.25) is 0 Å². The lowest BCUT2D eigenvalue weighted by Crippen LogP contribution is -3.15. The molecule has 0 spiro atoms. The van der Waals surface area contributed by atoms with Crippen molar-refractivity contribution in [2.45, 2.75) is 12.0 Å². The third kappa shape index (κ3) is 3.64. The average molecular weight is 397 g/mol. The number of Topliss-reactive ketones (excluding diaryl/α,β-unsaturated/α-hetero) is 1. The lowest BCUT2D eigenvalue weighted by atomic mass is 9.88. The fourth-order valence-corrected chi connectivity index (χ4v) is 3.99. The van der Waals surface area contributed by atoms with Crippen LogP contribution >= 0.6 is 0 Å². The number of morpholine rings is 1. The van der Waals surface area contributed by atoms with Gasteiger partial charge in [-0.05, 0) is 30.3 Å². The van der Waals surface area contributed by atoms with Gasteiger partial charge in [-0.25, -0.2) is 0 Å². The number of hydrogen-bond acceptors (Lipinski definition) is 5. The van der Waals surface area contributed by atoms with Gasteiger partial charge < -0.3 is 19.5 Å². The number of fused-ring (bicyclic) bond motifs is 1. The van der Waals surface area contributed by atoms with Crippen LogP contribution in [0.5, 0.6) is 5.75 Å². The number of hydrogen-bond donors (Lipinski definition) is 2. The van der Waals surface area contributed by atoms with Crippen molar-refractivity contribution in [1.29, 1.82) is 0 Å². The van der Waals surface area contributed by atoms with Gasteiger partial charge in [-0.2, -0.15) is 0 Å². The molecule has 2 aliphatic heterocycles. The molecule has 29 heavy (non-hydrogen) atoms. The van der Waals surface area contributed by atoms with Crippen LogP contribution in [-0.4, -0.2) is 56.9 Å². The fourth-order valence-electron chi connectivity index (χ4n) is 3.99. The van der Waals surface area contributed by atoms with Gasteiger partial charge in [0.25, 0.3) is 5.91 Å². The molecule has 2 aromatic carbocycles. The monoisotopic (exact) mass is 397 g/mol. The van der Waals surface area contributed by atoms with E-state index in [-0.39, 0.29) is 12.2 Å². The Morgan fingerprint density at radius 3 is 2.55 bits per heavy atom. The Hall–Kier alpha value is -2.74. The second-order valence-corrected chi connectivity index (χ2v) is 7.46. The SMILES string of the molecule is COc1ccc(C(=O)C[C@@]2(O)C(=O)N(C[NH+]3CCOCC3)c3ccccc32)cc1. The van der Waals surface area contributed by atoms with E-state index in [1.165, 1.54) is 4.90 Å². The highest BCUT2D eigenvalue weighted by Gasteiger charge is 2.51. The smallest absolute Gasteiger partial charge is 0.268 e. The molecule has 1 amide bonds. The highest BCUT2D eigenvalue weighted by Crippen LogP contribution is 2.42. The summed E-state index contributed by atoms with van der Waals surface area (Å²) in [6, 6.07) is 13.8. The number of nitrogens with zero attached hydrogens (tertiary/aromatic N) is 1. The van der Waals surface area contributed by atoms with E-state index < -0.39 is 11.5 Å². The molecule has 1 saturated heterocycles. The van der Waals surface area contributed by atoms with E-state index in [2.05, 4.69) is 0 Å². The van der Waals surface area contributed by atoms with Gasteiger partial charge in [0.15, 0.2) is 18.1 Å². The van der Waals surface area contributed by atoms with Crippen LogP contribution in [-0.2, 0) is 15.1 Å². The summed E-state index contributed by atoms with van der Waals surface area (Å²) >= 11 is 0. The fraction of sp³-hybridized carbons (Fsp3) is 0.364. The van der Waals surface area contributed by atoms with Crippen LogP contribution in [0.1, 0.15) is 22.3 Å². The molecule has 2 aromatic rings. The highest BCUT2D eigenvalue weighted by molar-refractivity contribution is 6.10. The summed E-state index contributed by atoms with van der Waals surface area (Å²) in [7, 11) is 1.55. The highest BCUT2D eigenvalue weighted by atomic mass is 16.5. The van der Waals surface area contributed by atoms with Crippen LogP contribution < -0.4 is 14.5 Å². The van der Waals surface area contributed by atoms with Gasteiger partial charge in [0.05, 0.1) is 32.4 Å². The minimum Gasteiger partial charge on any atom is -0.497 e. The van der Waals surface area contributed by atoms with Gasteiger partial charge >= 0.3 is 0 Å². The number of benzene rings is 2. The molecule has 1 fully saturated rings. The van der Waals surface area contributed by atoms with E-state index in [1.807, 2.05) is 12.1 Å². The van der Waals surface area contributed by atoms with Crippen molar-refractivity contribution in [3.05, 3.63) is 59.7 Å². The number of para-hydroxylation sites is 1. The molecule has 7 heteroatoms. The molecule has 7 nitrogen and oxygen atoms in total. The number of ketones is 1. The molecule has 2 N–H and O–H groups in total. The van der Waals surface area contributed by atoms with Crippen molar-refractivity contribution in [3.63, 3.8) is 0 Å². The zero-order valence-electron chi connectivity index (χ0n) is 16.4. The number of anilines is 1. The van der Waals surface area contributed by atoms with Gasteiger partial charge in [0.1, 0.15) is 18.8 Å². The number of methoxy groups -OCH3 is 1. The van der Waals surface area contributed by atoms with Gasteiger partial charge in [-0.3, -0.25) is 14.5 Å². The second kappa shape index (κ2) is 7.94. The Bertz CT molecular complexity index is 908. The van der Waals surface area contributed by atoms with Crippen LogP contribution in [0.15, 0.2) is 48.5 Å². The molecule has 0 radical (unpaired) electrons. The zero-order chi connectivity index (χ0) is 20.4. The molecule has 2 aliphatic rings. The molecule has 0 bridgehead atoms. The van der Waals surface area contributed by atoms with Crippen molar-refractivity contribution in [3.8, 4) is 5.75 Å². The number of carbonyl (C=O) groups is 2. The molecule has 0 aliphatic carbocycles. The standard InChI is InChI=1S/C22H24N2O5/c1-28-17-8-6-16(7-9-17)20(25)14-22(27)18-4-2-3-5-19(18)24(21(22)26)15-23-10-12-29-13-11-23/h2-9,27H,10-15H2,1H3/p+1/t22-/m0/s1. The van der Waals surface area contributed by atoms with E-state index in [4.69, 9.17) is 9.47 Å². The van der Waals surface area contributed by atoms with Crippen molar-refractivity contribution < 1.29 is 29.1 Å². The molecule has 0 saturated carbocycles. The predicted octanol–water partition coefficient (Wildman–Crippen LogP) is 0.375. The van der Waals surface area contributed by atoms with E-state index in [0.29, 0.717) is 42.4 Å². The number of amides is 1. The molecular formula is C22H25N2O5+. The third-order valence-corrected chi connectivity index (χ3v) is 5.65. The maximum Gasteiger partial charge on any atom is 0.268 e. The molecule has 1 atom stereocenters. The summed E-state index contributed by atoms with van der Waals surface area (Å²) < 4.78 is 10.5. The Balaban J connectivity index is 1.59. The first kappa shape index (κ1) is 19.6.